The van der Waals surface area contributed by atoms with Gasteiger partial charge >= 0.3 is 0 Å². The fourth-order valence-electron chi connectivity index (χ4n) is 1.71. The molecule has 6 nitrogen and oxygen atoms in total. The van der Waals surface area contributed by atoms with E-state index in [0.29, 0.717) is 18.7 Å². The predicted molar refractivity (Wildman–Crippen MR) is 65.0 cm³/mol. The van der Waals surface area contributed by atoms with Gasteiger partial charge in [0.25, 0.3) is 0 Å². The largest absolute Gasteiger partial charge is 0.344 e. The topological polar surface area (TPSA) is 84.2 Å². The van der Waals surface area contributed by atoms with E-state index in [9.17, 15) is 9.59 Å². The van der Waals surface area contributed by atoms with E-state index in [1.165, 1.54) is 0 Å². The van der Waals surface area contributed by atoms with Gasteiger partial charge < -0.3 is 9.84 Å². The third-order valence-electron chi connectivity index (χ3n) is 2.84. The molecule has 6 heteroatoms. The maximum Gasteiger partial charge on any atom is 0.249 e. The Balaban J connectivity index is 1.99. The zero-order valence-electron chi connectivity index (χ0n) is 10.7. The van der Waals surface area contributed by atoms with Crippen LogP contribution in [0.4, 0.5) is 5.88 Å². The van der Waals surface area contributed by atoms with E-state index in [4.69, 9.17) is 4.52 Å². The summed E-state index contributed by atoms with van der Waals surface area (Å²) in [6.07, 6.45) is 0.909. The molecule has 2 N–H and O–H groups in total. The van der Waals surface area contributed by atoms with E-state index < -0.39 is 6.04 Å². The molecule has 2 amide bonds. The van der Waals surface area contributed by atoms with E-state index in [0.717, 1.165) is 5.69 Å². The van der Waals surface area contributed by atoms with Crippen LogP contribution in [0.1, 0.15) is 39.3 Å². The van der Waals surface area contributed by atoms with Gasteiger partial charge in [-0.2, -0.15) is 0 Å². The Kier molecular flexibility index (Phi) is 3.11. The molecule has 1 aliphatic rings. The van der Waals surface area contributed by atoms with E-state index in [1.54, 1.807) is 6.07 Å². The minimum atomic E-state index is -0.472. The molecule has 1 aromatic rings. The van der Waals surface area contributed by atoms with Gasteiger partial charge in [-0.1, -0.05) is 25.9 Å². The van der Waals surface area contributed by atoms with Crippen LogP contribution < -0.4 is 10.6 Å². The highest BCUT2D eigenvalue weighted by Crippen LogP contribution is 2.23. The molecule has 0 radical (unpaired) electrons. The minimum absolute atomic E-state index is 0.0944. The first-order valence-corrected chi connectivity index (χ1v) is 5.94. The molecule has 0 bridgehead atoms. The zero-order valence-corrected chi connectivity index (χ0v) is 10.7. The standard InChI is InChI=1S/C12H17N3O3/c1-12(2,3)8-6-10(18-15-8)14-11(17)7-4-5-9(16)13-7/h6-7H,4-5H2,1-3H3,(H,13,16)(H,14,17). The van der Waals surface area contributed by atoms with Crippen LogP contribution in [0, 0.1) is 0 Å². The minimum Gasteiger partial charge on any atom is -0.344 e. The zero-order chi connectivity index (χ0) is 13.3. The SMILES string of the molecule is CC(C)(C)c1cc(NC(=O)C2CCC(=O)N2)on1. The molecule has 0 saturated carbocycles. The van der Waals surface area contributed by atoms with Crippen molar-refractivity contribution in [2.75, 3.05) is 5.32 Å². The molecule has 1 aromatic heterocycles. The Bertz CT molecular complexity index is 473. The molecule has 1 atom stereocenters. The number of aromatic nitrogens is 1. The summed E-state index contributed by atoms with van der Waals surface area (Å²) >= 11 is 0. The predicted octanol–water partition coefficient (Wildman–Crippen LogP) is 1.19. The maximum atomic E-state index is 11.8. The van der Waals surface area contributed by atoms with Crippen LogP contribution in [0.2, 0.25) is 0 Å². The van der Waals surface area contributed by atoms with Crippen molar-refractivity contribution in [2.24, 2.45) is 0 Å². The number of amides is 2. The van der Waals surface area contributed by atoms with Crippen LogP contribution in [0.5, 0.6) is 0 Å². The lowest BCUT2D eigenvalue weighted by Crippen LogP contribution is -2.37. The Hall–Kier alpha value is -1.85. The summed E-state index contributed by atoms with van der Waals surface area (Å²) in [5.41, 5.74) is 0.641. The molecular weight excluding hydrogens is 234 g/mol. The normalized spacial score (nSPS) is 19.7. The van der Waals surface area contributed by atoms with Gasteiger partial charge in [0.05, 0.1) is 5.69 Å². The number of rotatable bonds is 2. The molecule has 2 rings (SSSR count). The second-order valence-electron chi connectivity index (χ2n) is 5.47. The summed E-state index contributed by atoms with van der Waals surface area (Å²) in [5.74, 6) is -0.0494. The highest BCUT2D eigenvalue weighted by atomic mass is 16.5. The molecule has 1 unspecified atom stereocenters. The van der Waals surface area contributed by atoms with Gasteiger partial charge in [-0.3, -0.25) is 14.9 Å². The molecule has 0 aromatic carbocycles. The number of nitrogens with zero attached hydrogens (tertiary/aromatic N) is 1. The molecule has 0 aliphatic carbocycles. The van der Waals surface area contributed by atoms with Crippen molar-refractivity contribution in [3.63, 3.8) is 0 Å². The van der Waals surface area contributed by atoms with Crippen molar-refractivity contribution in [3.05, 3.63) is 11.8 Å². The average molecular weight is 251 g/mol. The van der Waals surface area contributed by atoms with Gasteiger partial charge in [0.15, 0.2) is 0 Å². The number of anilines is 1. The van der Waals surface area contributed by atoms with Crippen LogP contribution >= 0.6 is 0 Å². The molecule has 1 saturated heterocycles. The van der Waals surface area contributed by atoms with Crippen LogP contribution in [-0.4, -0.2) is 23.0 Å². The van der Waals surface area contributed by atoms with E-state index in [1.807, 2.05) is 20.8 Å². The number of carbonyl (C=O) groups is 2. The van der Waals surface area contributed by atoms with Crippen molar-refractivity contribution in [1.82, 2.24) is 10.5 Å². The summed E-state index contributed by atoms with van der Waals surface area (Å²) < 4.78 is 5.05. The summed E-state index contributed by atoms with van der Waals surface area (Å²) in [4.78, 5) is 22.8. The highest BCUT2D eigenvalue weighted by molar-refractivity contribution is 5.98. The van der Waals surface area contributed by atoms with Crippen molar-refractivity contribution >= 4 is 17.7 Å². The summed E-state index contributed by atoms with van der Waals surface area (Å²) in [6.45, 7) is 6.02. The highest BCUT2D eigenvalue weighted by Gasteiger charge is 2.28. The number of hydrogen-bond acceptors (Lipinski definition) is 4. The fraction of sp³-hybridized carbons (Fsp3) is 0.583. The second kappa shape index (κ2) is 4.44. The first-order chi connectivity index (χ1) is 8.36. The van der Waals surface area contributed by atoms with Gasteiger partial charge in [-0.05, 0) is 6.42 Å². The first kappa shape index (κ1) is 12.6. The van der Waals surface area contributed by atoms with Crippen LogP contribution in [0.3, 0.4) is 0 Å². The molecule has 0 spiro atoms. The van der Waals surface area contributed by atoms with Crippen LogP contribution in [-0.2, 0) is 15.0 Å². The molecule has 1 aliphatic heterocycles. The second-order valence-corrected chi connectivity index (χ2v) is 5.47. The van der Waals surface area contributed by atoms with Gasteiger partial charge in [0.2, 0.25) is 17.7 Å². The lowest BCUT2D eigenvalue weighted by molar-refractivity contribution is -0.122. The third kappa shape index (κ3) is 2.69. The summed E-state index contributed by atoms with van der Waals surface area (Å²) in [5, 5.41) is 9.12. The van der Waals surface area contributed by atoms with E-state index >= 15 is 0 Å². The molecular formula is C12H17N3O3. The molecule has 1 fully saturated rings. The van der Waals surface area contributed by atoms with E-state index in [2.05, 4.69) is 15.8 Å². The Morgan fingerprint density at radius 2 is 2.28 bits per heavy atom. The Morgan fingerprint density at radius 1 is 1.56 bits per heavy atom. The van der Waals surface area contributed by atoms with Gasteiger partial charge in [0, 0.05) is 17.9 Å². The Morgan fingerprint density at radius 3 is 2.78 bits per heavy atom. The third-order valence-corrected chi connectivity index (χ3v) is 2.84. The number of carbonyl (C=O) groups excluding carboxylic acids is 2. The lowest BCUT2D eigenvalue weighted by Gasteiger charge is -2.12. The maximum absolute atomic E-state index is 11.8. The van der Waals surface area contributed by atoms with Crippen molar-refractivity contribution in [3.8, 4) is 0 Å². The summed E-state index contributed by atoms with van der Waals surface area (Å²) in [6, 6.07) is 1.23. The Labute approximate surface area is 105 Å². The first-order valence-electron chi connectivity index (χ1n) is 5.94. The van der Waals surface area contributed by atoms with Crippen molar-refractivity contribution in [2.45, 2.75) is 45.1 Å². The van der Waals surface area contributed by atoms with Crippen molar-refractivity contribution < 1.29 is 14.1 Å². The van der Waals surface area contributed by atoms with Crippen LogP contribution in [0.15, 0.2) is 10.6 Å². The van der Waals surface area contributed by atoms with Crippen molar-refractivity contribution in [1.29, 1.82) is 0 Å². The van der Waals surface area contributed by atoms with Gasteiger partial charge in [-0.15, -0.1) is 0 Å². The smallest absolute Gasteiger partial charge is 0.249 e. The number of nitrogens with one attached hydrogen (secondary N) is 2. The van der Waals surface area contributed by atoms with Crippen LogP contribution in [0.25, 0.3) is 0 Å². The molecule has 2 heterocycles. The average Bonchev–Trinajstić information content (AvgIpc) is 2.85. The van der Waals surface area contributed by atoms with E-state index in [-0.39, 0.29) is 17.2 Å². The lowest BCUT2D eigenvalue weighted by atomic mass is 9.92. The quantitative estimate of drug-likeness (QED) is 0.826. The molecule has 18 heavy (non-hydrogen) atoms. The van der Waals surface area contributed by atoms with Gasteiger partial charge in [-0.25, -0.2) is 0 Å². The fourth-order valence-corrected chi connectivity index (χ4v) is 1.71. The van der Waals surface area contributed by atoms with Gasteiger partial charge in [0.1, 0.15) is 6.04 Å². The molecule has 98 valence electrons. The number of hydrogen-bond donors (Lipinski definition) is 2. The summed E-state index contributed by atoms with van der Waals surface area (Å²) in [7, 11) is 0. The monoisotopic (exact) mass is 251 g/mol.